The van der Waals surface area contributed by atoms with E-state index in [0.29, 0.717) is 11.3 Å². The Labute approximate surface area is 188 Å². The van der Waals surface area contributed by atoms with Crippen LogP contribution in [0, 0.1) is 8.99 Å². The zero-order valence-corrected chi connectivity index (χ0v) is 19.8. The number of imidazole rings is 1. The molecule has 0 saturated heterocycles. The molecule has 7 nitrogen and oxygen atoms in total. The molecule has 3 aromatic rings. The molecule has 1 aliphatic rings. The molecule has 0 bridgehead atoms. The summed E-state index contributed by atoms with van der Waals surface area (Å²) in [6.45, 7) is 9.94. The van der Waals surface area contributed by atoms with Gasteiger partial charge in [-0.25, -0.2) is 15.0 Å². The summed E-state index contributed by atoms with van der Waals surface area (Å²) in [5.41, 5.74) is 9.00. The van der Waals surface area contributed by atoms with Crippen LogP contribution in [0.2, 0.25) is 0 Å². The minimum absolute atomic E-state index is 0.238. The largest absolute Gasteiger partial charge is 0.493 e. The molecular weight excluding hydrogens is 496 g/mol. The van der Waals surface area contributed by atoms with Gasteiger partial charge in [-0.1, -0.05) is 32.5 Å². The van der Waals surface area contributed by atoms with Gasteiger partial charge in [0.2, 0.25) is 0 Å². The summed E-state index contributed by atoms with van der Waals surface area (Å²) in [4.78, 5) is 14.5. The number of nitrogens with one attached hydrogen (secondary N) is 1. The highest BCUT2D eigenvalue weighted by molar-refractivity contribution is 14.1. The monoisotopic (exact) mass is 521 g/mol. The van der Waals surface area contributed by atoms with Crippen molar-refractivity contribution in [3.8, 4) is 5.75 Å². The highest BCUT2D eigenvalue weighted by Gasteiger charge is 2.20. The quantitative estimate of drug-likeness (QED) is 0.377. The predicted molar refractivity (Wildman–Crippen MR) is 125 cm³/mol. The average molecular weight is 521 g/mol. The maximum Gasteiger partial charge on any atom is 0.175 e. The number of aromatic nitrogens is 4. The average Bonchev–Trinajstić information content (AvgIpc) is 3.23. The van der Waals surface area contributed by atoms with E-state index in [-0.39, 0.29) is 5.41 Å². The predicted octanol–water partition coefficient (Wildman–Crippen LogP) is 3.73. The zero-order valence-electron chi connectivity index (χ0n) is 16.8. The van der Waals surface area contributed by atoms with Crippen molar-refractivity contribution in [2.75, 3.05) is 25.4 Å². The van der Waals surface area contributed by atoms with Crippen LogP contribution in [-0.4, -0.2) is 39.2 Å². The standard InChI is InChI=1S/C20H25IN6OS/c1-20(2,3)10-23-5-6-27-18-16(17(22)24-11-25-18)26-19(27)29-15-9-14-12(4-7-28-14)8-13(15)21/h8-9,11,23H,4-7,10H2,1-3H3,(H2,22,24,25)/i21-3. The van der Waals surface area contributed by atoms with E-state index in [1.165, 1.54) is 15.5 Å². The smallest absolute Gasteiger partial charge is 0.175 e. The van der Waals surface area contributed by atoms with Gasteiger partial charge >= 0.3 is 0 Å². The normalized spacial score (nSPS) is 13.7. The summed E-state index contributed by atoms with van der Waals surface area (Å²) < 4.78 is 9.07. The van der Waals surface area contributed by atoms with Crippen LogP contribution in [0.15, 0.2) is 28.5 Å². The van der Waals surface area contributed by atoms with Crippen molar-refractivity contribution in [3.63, 3.8) is 0 Å². The van der Waals surface area contributed by atoms with Gasteiger partial charge in [-0.15, -0.1) is 0 Å². The Balaban J connectivity index is 1.64. The number of nitrogens with zero attached hydrogens (tertiary/aromatic N) is 4. The fourth-order valence-electron chi connectivity index (χ4n) is 3.22. The van der Waals surface area contributed by atoms with Crippen LogP contribution in [0.4, 0.5) is 5.82 Å². The number of hydrogen-bond acceptors (Lipinski definition) is 7. The Hall–Kier alpha value is -1.59. The van der Waals surface area contributed by atoms with Gasteiger partial charge in [0.05, 0.1) is 6.61 Å². The Morgan fingerprint density at radius 1 is 1.31 bits per heavy atom. The van der Waals surface area contributed by atoms with E-state index in [4.69, 9.17) is 15.5 Å². The van der Waals surface area contributed by atoms with Gasteiger partial charge in [-0.05, 0) is 45.7 Å². The van der Waals surface area contributed by atoms with Crippen LogP contribution in [0.25, 0.3) is 11.2 Å². The molecule has 0 spiro atoms. The fourth-order valence-corrected chi connectivity index (χ4v) is 5.03. The zero-order chi connectivity index (χ0) is 20.6. The SMILES string of the molecule is CC(C)(C)CNCCn1c(Sc2cc3c(cc2[124I])CCO3)nc2c(N)ncnc21. The number of halogens is 1. The van der Waals surface area contributed by atoms with Crippen molar-refractivity contribution in [1.82, 2.24) is 24.8 Å². The highest BCUT2D eigenvalue weighted by Crippen LogP contribution is 2.38. The first-order valence-corrected chi connectivity index (χ1v) is 11.5. The number of hydrogen-bond donors (Lipinski definition) is 2. The van der Waals surface area contributed by atoms with Gasteiger partial charge in [0.25, 0.3) is 0 Å². The van der Waals surface area contributed by atoms with Gasteiger partial charge < -0.3 is 20.4 Å². The number of fused-ring (bicyclic) bond motifs is 2. The van der Waals surface area contributed by atoms with Crippen molar-refractivity contribution in [2.24, 2.45) is 5.41 Å². The van der Waals surface area contributed by atoms with Crippen molar-refractivity contribution in [1.29, 1.82) is 0 Å². The van der Waals surface area contributed by atoms with E-state index in [0.717, 1.165) is 54.1 Å². The Morgan fingerprint density at radius 3 is 2.93 bits per heavy atom. The molecule has 29 heavy (non-hydrogen) atoms. The van der Waals surface area contributed by atoms with Crippen LogP contribution in [0.5, 0.6) is 5.75 Å². The summed E-state index contributed by atoms with van der Waals surface area (Å²) in [6, 6.07) is 4.32. The van der Waals surface area contributed by atoms with Gasteiger partial charge in [0, 0.05) is 34.5 Å². The number of anilines is 1. The topological polar surface area (TPSA) is 90.9 Å². The van der Waals surface area contributed by atoms with Gasteiger partial charge in [0.15, 0.2) is 22.1 Å². The van der Waals surface area contributed by atoms with Crippen molar-refractivity contribution in [2.45, 2.75) is 43.8 Å². The number of ether oxygens (including phenoxy) is 1. The summed E-state index contributed by atoms with van der Waals surface area (Å²) in [7, 11) is 0. The lowest BCUT2D eigenvalue weighted by molar-refractivity contribution is 0.356. The summed E-state index contributed by atoms with van der Waals surface area (Å²) in [6.07, 6.45) is 2.47. The summed E-state index contributed by atoms with van der Waals surface area (Å²) in [5, 5.41) is 4.39. The molecule has 0 unspecified atom stereocenters. The first-order chi connectivity index (χ1) is 13.8. The minimum atomic E-state index is 0.238. The molecule has 4 rings (SSSR count). The van der Waals surface area contributed by atoms with E-state index < -0.39 is 0 Å². The van der Waals surface area contributed by atoms with E-state index in [2.05, 4.69) is 75.3 Å². The van der Waals surface area contributed by atoms with Crippen molar-refractivity contribution in [3.05, 3.63) is 27.6 Å². The second kappa shape index (κ2) is 8.27. The minimum Gasteiger partial charge on any atom is -0.493 e. The lowest BCUT2D eigenvalue weighted by Crippen LogP contribution is -2.29. The van der Waals surface area contributed by atoms with Crippen LogP contribution >= 0.6 is 34.4 Å². The molecule has 0 fully saturated rings. The number of nitrogens with two attached hydrogens (primary N) is 1. The summed E-state index contributed by atoms with van der Waals surface area (Å²) >= 11 is 4.00. The Bertz CT molecular complexity index is 1050. The second-order valence-corrected chi connectivity index (χ2v) is 10.5. The third kappa shape index (κ3) is 4.61. The lowest BCUT2D eigenvalue weighted by Gasteiger charge is -2.19. The number of benzene rings is 1. The van der Waals surface area contributed by atoms with Gasteiger partial charge in [0.1, 0.15) is 12.1 Å². The first-order valence-electron chi connectivity index (χ1n) is 9.62. The molecule has 3 N–H and O–H groups in total. The molecule has 0 radical (unpaired) electrons. The molecule has 0 atom stereocenters. The van der Waals surface area contributed by atoms with E-state index in [1.54, 1.807) is 11.8 Å². The molecule has 2 aromatic heterocycles. The van der Waals surface area contributed by atoms with Crippen molar-refractivity contribution >= 4 is 51.3 Å². The van der Waals surface area contributed by atoms with Crippen LogP contribution in [-0.2, 0) is 13.0 Å². The van der Waals surface area contributed by atoms with Gasteiger partial charge in [-0.3, -0.25) is 0 Å². The van der Waals surface area contributed by atoms with Gasteiger partial charge in [-0.2, -0.15) is 0 Å². The second-order valence-electron chi connectivity index (χ2n) is 8.31. The van der Waals surface area contributed by atoms with Crippen LogP contribution in [0.3, 0.4) is 0 Å². The third-order valence-electron chi connectivity index (χ3n) is 4.64. The molecule has 0 amide bonds. The Kier molecular flexibility index (Phi) is 5.90. The third-order valence-corrected chi connectivity index (χ3v) is 6.95. The lowest BCUT2D eigenvalue weighted by atomic mass is 9.97. The first kappa shape index (κ1) is 20.7. The van der Waals surface area contributed by atoms with E-state index in [9.17, 15) is 0 Å². The fraction of sp³-hybridized carbons (Fsp3) is 0.450. The molecular formula is C20H25IN6OS. The summed E-state index contributed by atoms with van der Waals surface area (Å²) in [5.74, 6) is 1.38. The Morgan fingerprint density at radius 2 is 2.14 bits per heavy atom. The van der Waals surface area contributed by atoms with Crippen LogP contribution in [0.1, 0.15) is 26.3 Å². The maximum absolute atomic E-state index is 6.07. The molecule has 0 saturated carbocycles. The van der Waals surface area contributed by atoms with E-state index >= 15 is 0 Å². The van der Waals surface area contributed by atoms with Crippen LogP contribution < -0.4 is 15.8 Å². The molecule has 1 aliphatic heterocycles. The number of nitrogen functional groups attached to an aromatic ring is 1. The molecule has 1 aromatic carbocycles. The molecule has 9 heteroatoms. The highest BCUT2D eigenvalue weighted by atomic mass is 124. The number of rotatable bonds is 6. The van der Waals surface area contributed by atoms with E-state index in [1.807, 2.05) is 0 Å². The van der Waals surface area contributed by atoms with Crippen molar-refractivity contribution < 1.29 is 4.74 Å². The molecule has 3 heterocycles. The molecule has 0 aliphatic carbocycles. The molecule has 154 valence electrons. The maximum atomic E-state index is 6.07.